The van der Waals surface area contributed by atoms with Crippen molar-refractivity contribution >= 4 is 5.69 Å². The molecule has 1 aliphatic heterocycles. The summed E-state index contributed by atoms with van der Waals surface area (Å²) >= 11 is 0. The van der Waals surface area contributed by atoms with Gasteiger partial charge in [-0.2, -0.15) is 0 Å². The highest BCUT2D eigenvalue weighted by Crippen LogP contribution is 2.21. The first-order valence-electron chi connectivity index (χ1n) is 5.21. The lowest BCUT2D eigenvalue weighted by atomic mass is 10.1. The molecule has 1 aliphatic rings. The third kappa shape index (κ3) is 1.90. The molecule has 0 spiro atoms. The molecular weight excluding hydrogens is 174 g/mol. The highest BCUT2D eigenvalue weighted by atomic mass is 16.5. The number of anilines is 1. The second kappa shape index (κ2) is 4.01. The molecule has 1 saturated heterocycles. The maximum Gasteiger partial charge on any atom is 0.0748 e. The van der Waals surface area contributed by atoms with Crippen LogP contribution >= 0.6 is 0 Å². The van der Waals surface area contributed by atoms with Gasteiger partial charge in [-0.1, -0.05) is 18.2 Å². The minimum absolute atomic E-state index is 0.328. The Morgan fingerprint density at radius 3 is 2.79 bits per heavy atom. The van der Waals surface area contributed by atoms with Crippen molar-refractivity contribution in [1.82, 2.24) is 0 Å². The monoisotopic (exact) mass is 191 g/mol. The molecule has 0 bridgehead atoms. The smallest absolute Gasteiger partial charge is 0.0748 e. The zero-order valence-electron chi connectivity index (χ0n) is 8.79. The maximum absolute atomic E-state index is 5.51. The quantitative estimate of drug-likeness (QED) is 0.775. The average molecular weight is 191 g/mol. The number of hydrogen-bond acceptors (Lipinski definition) is 2. The molecule has 2 heteroatoms. The second-order valence-corrected chi connectivity index (χ2v) is 3.93. The Kier molecular flexibility index (Phi) is 2.73. The molecule has 0 saturated carbocycles. The Labute approximate surface area is 85.3 Å². The van der Waals surface area contributed by atoms with Crippen LogP contribution in [-0.4, -0.2) is 18.8 Å². The van der Waals surface area contributed by atoms with Crippen LogP contribution in [0, 0.1) is 6.92 Å². The SMILES string of the molecule is Cc1ccccc1N[C@@H]1CCO[C@@H]1C. The maximum atomic E-state index is 5.51. The van der Waals surface area contributed by atoms with Gasteiger partial charge in [0.2, 0.25) is 0 Å². The van der Waals surface area contributed by atoms with E-state index in [0.29, 0.717) is 12.1 Å². The average Bonchev–Trinajstić information content (AvgIpc) is 2.56. The molecule has 1 N–H and O–H groups in total. The fourth-order valence-electron chi connectivity index (χ4n) is 1.86. The van der Waals surface area contributed by atoms with Crippen LogP contribution in [0.5, 0.6) is 0 Å². The van der Waals surface area contributed by atoms with Gasteiger partial charge in [0.1, 0.15) is 0 Å². The van der Waals surface area contributed by atoms with Crippen molar-refractivity contribution in [2.24, 2.45) is 0 Å². The molecule has 0 amide bonds. The number of hydrogen-bond donors (Lipinski definition) is 1. The second-order valence-electron chi connectivity index (χ2n) is 3.93. The molecule has 1 fully saturated rings. The summed E-state index contributed by atoms with van der Waals surface area (Å²) in [4.78, 5) is 0. The van der Waals surface area contributed by atoms with Crippen LogP contribution in [0.1, 0.15) is 18.9 Å². The Morgan fingerprint density at radius 2 is 2.14 bits per heavy atom. The molecule has 2 nitrogen and oxygen atoms in total. The van der Waals surface area contributed by atoms with E-state index < -0.39 is 0 Å². The summed E-state index contributed by atoms with van der Waals surface area (Å²) in [5.41, 5.74) is 2.53. The highest BCUT2D eigenvalue weighted by molar-refractivity contribution is 5.51. The summed E-state index contributed by atoms with van der Waals surface area (Å²) in [6.07, 6.45) is 1.43. The van der Waals surface area contributed by atoms with Crippen LogP contribution in [-0.2, 0) is 4.74 Å². The van der Waals surface area contributed by atoms with Crippen LogP contribution in [0.3, 0.4) is 0 Å². The topological polar surface area (TPSA) is 21.3 Å². The standard InChI is InChI=1S/C12H17NO/c1-9-5-3-4-6-11(9)13-12-7-8-14-10(12)2/h3-6,10,12-13H,7-8H2,1-2H3/t10-,12-/m1/s1. The summed E-state index contributed by atoms with van der Waals surface area (Å²) < 4.78 is 5.51. The predicted octanol–water partition coefficient (Wildman–Crippen LogP) is 2.58. The lowest BCUT2D eigenvalue weighted by Gasteiger charge is -2.18. The van der Waals surface area contributed by atoms with Crippen LogP contribution in [0.15, 0.2) is 24.3 Å². The Hall–Kier alpha value is -1.02. The van der Waals surface area contributed by atoms with Gasteiger partial charge < -0.3 is 10.1 Å². The van der Waals surface area contributed by atoms with E-state index in [1.165, 1.54) is 11.3 Å². The molecule has 1 heterocycles. The zero-order valence-corrected chi connectivity index (χ0v) is 8.79. The molecule has 1 aromatic rings. The predicted molar refractivity (Wildman–Crippen MR) is 58.6 cm³/mol. The van der Waals surface area contributed by atoms with E-state index in [1.54, 1.807) is 0 Å². The molecule has 14 heavy (non-hydrogen) atoms. The van der Waals surface area contributed by atoms with Crippen molar-refractivity contribution in [1.29, 1.82) is 0 Å². The molecule has 2 rings (SSSR count). The number of benzene rings is 1. The van der Waals surface area contributed by atoms with Gasteiger partial charge in [-0.05, 0) is 31.9 Å². The van der Waals surface area contributed by atoms with Crippen LogP contribution in [0.4, 0.5) is 5.69 Å². The Balaban J connectivity index is 2.07. The van der Waals surface area contributed by atoms with Gasteiger partial charge >= 0.3 is 0 Å². The van der Waals surface area contributed by atoms with Crippen LogP contribution in [0.2, 0.25) is 0 Å². The van der Waals surface area contributed by atoms with Gasteiger partial charge in [-0.3, -0.25) is 0 Å². The summed E-state index contributed by atoms with van der Waals surface area (Å²) in [6, 6.07) is 8.85. The number of para-hydroxylation sites is 1. The lowest BCUT2D eigenvalue weighted by Crippen LogP contribution is -2.26. The fourth-order valence-corrected chi connectivity index (χ4v) is 1.86. The van der Waals surface area contributed by atoms with E-state index in [1.807, 2.05) is 0 Å². The van der Waals surface area contributed by atoms with Gasteiger partial charge in [0.15, 0.2) is 0 Å². The molecular formula is C12H17NO. The largest absolute Gasteiger partial charge is 0.379 e. The number of nitrogens with one attached hydrogen (secondary N) is 1. The molecule has 2 atom stereocenters. The third-order valence-electron chi connectivity index (χ3n) is 2.86. The van der Waals surface area contributed by atoms with E-state index in [2.05, 4.69) is 43.4 Å². The van der Waals surface area contributed by atoms with Crippen molar-refractivity contribution in [3.05, 3.63) is 29.8 Å². The van der Waals surface area contributed by atoms with Gasteiger partial charge in [-0.25, -0.2) is 0 Å². The third-order valence-corrected chi connectivity index (χ3v) is 2.86. The normalized spacial score (nSPS) is 26.4. The summed E-state index contributed by atoms with van der Waals surface area (Å²) in [5, 5.41) is 3.53. The van der Waals surface area contributed by atoms with E-state index in [4.69, 9.17) is 4.74 Å². The number of rotatable bonds is 2. The first-order valence-corrected chi connectivity index (χ1v) is 5.21. The number of aryl methyl sites for hydroxylation is 1. The van der Waals surface area contributed by atoms with Gasteiger partial charge in [0, 0.05) is 12.3 Å². The van der Waals surface area contributed by atoms with E-state index in [-0.39, 0.29) is 0 Å². The van der Waals surface area contributed by atoms with Crippen molar-refractivity contribution in [3.8, 4) is 0 Å². The molecule has 0 unspecified atom stereocenters. The lowest BCUT2D eigenvalue weighted by molar-refractivity contribution is 0.121. The van der Waals surface area contributed by atoms with Crippen LogP contribution in [0.25, 0.3) is 0 Å². The molecule has 0 aliphatic carbocycles. The fraction of sp³-hybridized carbons (Fsp3) is 0.500. The first-order chi connectivity index (χ1) is 6.77. The van der Waals surface area contributed by atoms with E-state index in [0.717, 1.165) is 13.0 Å². The van der Waals surface area contributed by atoms with Gasteiger partial charge in [0.05, 0.1) is 12.1 Å². The summed E-state index contributed by atoms with van der Waals surface area (Å²) in [6.45, 7) is 5.14. The first kappa shape index (κ1) is 9.53. The zero-order chi connectivity index (χ0) is 9.97. The molecule has 76 valence electrons. The molecule has 0 aromatic heterocycles. The Morgan fingerprint density at radius 1 is 1.36 bits per heavy atom. The van der Waals surface area contributed by atoms with Crippen LogP contribution < -0.4 is 5.32 Å². The van der Waals surface area contributed by atoms with Crippen molar-refractivity contribution < 1.29 is 4.74 Å². The van der Waals surface area contributed by atoms with E-state index >= 15 is 0 Å². The molecule has 0 radical (unpaired) electrons. The minimum Gasteiger partial charge on any atom is -0.379 e. The van der Waals surface area contributed by atoms with Crippen molar-refractivity contribution in [2.45, 2.75) is 32.4 Å². The Bertz CT molecular complexity index is 311. The highest BCUT2D eigenvalue weighted by Gasteiger charge is 2.23. The minimum atomic E-state index is 0.328. The summed E-state index contributed by atoms with van der Waals surface area (Å²) in [5.74, 6) is 0. The van der Waals surface area contributed by atoms with Gasteiger partial charge in [0.25, 0.3) is 0 Å². The van der Waals surface area contributed by atoms with Gasteiger partial charge in [-0.15, -0.1) is 0 Å². The van der Waals surface area contributed by atoms with Crippen molar-refractivity contribution in [3.63, 3.8) is 0 Å². The number of ether oxygens (including phenoxy) is 1. The van der Waals surface area contributed by atoms with Crippen molar-refractivity contribution in [2.75, 3.05) is 11.9 Å². The molecule has 1 aromatic carbocycles. The van der Waals surface area contributed by atoms with E-state index in [9.17, 15) is 0 Å². The summed E-state index contributed by atoms with van der Waals surface area (Å²) in [7, 11) is 0.